The van der Waals surface area contributed by atoms with Crippen LogP contribution in [0.3, 0.4) is 0 Å². The molecule has 0 aromatic rings. The first-order valence-electron chi connectivity index (χ1n) is 12.6. The second-order valence-electron chi connectivity index (χ2n) is 9.27. The molecule has 2 heterocycles. The molecule has 2 aliphatic rings. The van der Waals surface area contributed by atoms with Gasteiger partial charge in [-0.3, -0.25) is 14.5 Å². The Balaban J connectivity index is 2.07. The molecule has 0 aliphatic carbocycles. The van der Waals surface area contributed by atoms with Crippen molar-refractivity contribution in [2.24, 2.45) is 11.5 Å². The second kappa shape index (κ2) is 15.9. The molecule has 2 aliphatic heterocycles. The molecule has 2 saturated heterocycles. The zero-order chi connectivity index (χ0) is 28.4. The van der Waals surface area contributed by atoms with Crippen LogP contribution >= 0.6 is 0 Å². The molecule has 4 unspecified atom stereocenters. The summed E-state index contributed by atoms with van der Waals surface area (Å²) in [5.41, 5.74) is 14.0. The van der Waals surface area contributed by atoms with Gasteiger partial charge in [-0.05, 0) is 6.92 Å². The summed E-state index contributed by atoms with van der Waals surface area (Å²) in [5, 5.41) is 44.2. The molecule has 0 aromatic heterocycles. The number of carboxylic acids is 1. The number of nitrogens with zero attached hydrogens (tertiary/aromatic N) is 1. The molecule has 222 valence electrons. The van der Waals surface area contributed by atoms with E-state index in [4.69, 9.17) is 35.3 Å². The van der Waals surface area contributed by atoms with Crippen molar-refractivity contribution in [3.63, 3.8) is 0 Å². The Morgan fingerprint density at radius 2 is 1.66 bits per heavy atom. The van der Waals surface area contributed by atoms with Crippen molar-refractivity contribution < 1.29 is 53.8 Å². The number of carbonyl (C=O) groups is 2. The number of nitrogens with one attached hydrogen (secondary N) is 2. The van der Waals surface area contributed by atoms with E-state index in [2.05, 4.69) is 15.7 Å². The van der Waals surface area contributed by atoms with Crippen LogP contribution in [-0.2, 0) is 33.4 Å². The molecule has 0 bridgehead atoms. The summed E-state index contributed by atoms with van der Waals surface area (Å²) >= 11 is 0. The number of carboxylic acid groups (broad SMARTS) is 1. The molecule has 0 radical (unpaired) electrons. The van der Waals surface area contributed by atoms with Crippen molar-refractivity contribution in [1.82, 2.24) is 15.7 Å². The van der Waals surface area contributed by atoms with E-state index in [-0.39, 0.29) is 6.61 Å². The standard InChI is InChI=1S/C22H43N5O11/c1-11-14(26-12(2)28)18(37-22-17(31)16(30)19(34-3)20(38-22)21(32)33)15(29)13(36-11)10-35-25-6-9-27(7-4-23)8-5-24/h11,13-20,22,25,29-31H,4-10,23-24H2,1-3H3,(H,26,28)(H,32,33)/t11-,13?,14?,15+,16+,17?,18+,19-,20?,22+/m0/s1. The van der Waals surface area contributed by atoms with Crippen LogP contribution in [0.1, 0.15) is 13.8 Å². The minimum absolute atomic E-state index is 0.105. The molecule has 10 N–H and O–H groups in total. The highest BCUT2D eigenvalue weighted by molar-refractivity contribution is 5.73. The summed E-state index contributed by atoms with van der Waals surface area (Å²) in [6.07, 6.45) is -12.3. The van der Waals surface area contributed by atoms with Crippen LogP contribution in [0, 0.1) is 0 Å². The third-order valence-electron chi connectivity index (χ3n) is 6.46. The summed E-state index contributed by atoms with van der Waals surface area (Å²) in [6.45, 7) is 6.24. The Labute approximate surface area is 221 Å². The van der Waals surface area contributed by atoms with Gasteiger partial charge < -0.3 is 56.2 Å². The van der Waals surface area contributed by atoms with Gasteiger partial charge in [-0.25, -0.2) is 10.3 Å². The van der Waals surface area contributed by atoms with Crippen molar-refractivity contribution in [2.75, 3.05) is 53.0 Å². The third kappa shape index (κ3) is 8.73. The molecule has 1 amide bonds. The molecular formula is C22H43N5O11. The number of aliphatic hydroxyl groups excluding tert-OH is 3. The zero-order valence-electron chi connectivity index (χ0n) is 22.0. The number of aliphatic hydroxyl groups is 3. The number of hydrogen-bond donors (Lipinski definition) is 8. The third-order valence-corrected chi connectivity index (χ3v) is 6.46. The van der Waals surface area contributed by atoms with Gasteiger partial charge in [-0.1, -0.05) is 0 Å². The highest BCUT2D eigenvalue weighted by Gasteiger charge is 2.52. The average molecular weight is 554 g/mol. The Hall–Kier alpha value is -1.54. The fourth-order valence-electron chi connectivity index (χ4n) is 4.55. The smallest absolute Gasteiger partial charge is 0.335 e. The maximum absolute atomic E-state index is 11.8. The number of rotatable bonds is 15. The van der Waals surface area contributed by atoms with Gasteiger partial charge in [0.15, 0.2) is 12.4 Å². The first-order chi connectivity index (χ1) is 18.0. The summed E-state index contributed by atoms with van der Waals surface area (Å²) in [5.74, 6) is -1.88. The summed E-state index contributed by atoms with van der Waals surface area (Å²) in [6, 6.07) is -0.899. The molecule has 38 heavy (non-hydrogen) atoms. The quantitative estimate of drug-likeness (QED) is 0.0702. The van der Waals surface area contributed by atoms with Crippen LogP contribution in [0.4, 0.5) is 0 Å². The molecule has 16 nitrogen and oxygen atoms in total. The normalized spacial score (nSPS) is 35.8. The summed E-state index contributed by atoms with van der Waals surface area (Å²) in [4.78, 5) is 31.1. The van der Waals surface area contributed by atoms with Gasteiger partial charge >= 0.3 is 5.97 Å². The van der Waals surface area contributed by atoms with E-state index < -0.39 is 73.0 Å². The van der Waals surface area contributed by atoms with E-state index in [1.165, 1.54) is 14.0 Å². The van der Waals surface area contributed by atoms with Gasteiger partial charge in [0.1, 0.15) is 36.6 Å². The van der Waals surface area contributed by atoms with Crippen LogP contribution in [0.2, 0.25) is 0 Å². The number of methoxy groups -OCH3 is 1. The first-order valence-corrected chi connectivity index (χ1v) is 12.6. The number of hydrogen-bond acceptors (Lipinski definition) is 14. The topological polar surface area (TPSA) is 241 Å². The monoisotopic (exact) mass is 553 g/mol. The fourth-order valence-corrected chi connectivity index (χ4v) is 4.55. The van der Waals surface area contributed by atoms with Crippen LogP contribution in [0.15, 0.2) is 0 Å². The first kappa shape index (κ1) is 32.7. The number of ether oxygens (including phenoxy) is 4. The zero-order valence-corrected chi connectivity index (χ0v) is 22.0. The lowest BCUT2D eigenvalue weighted by Crippen LogP contribution is -2.67. The molecular weight excluding hydrogens is 510 g/mol. The lowest BCUT2D eigenvalue weighted by Gasteiger charge is -2.47. The van der Waals surface area contributed by atoms with E-state index >= 15 is 0 Å². The fraction of sp³-hybridized carbons (Fsp3) is 0.909. The number of hydroxylamine groups is 1. The molecule has 10 atom stereocenters. The van der Waals surface area contributed by atoms with E-state index in [1.54, 1.807) is 6.92 Å². The van der Waals surface area contributed by atoms with Crippen molar-refractivity contribution >= 4 is 11.9 Å². The molecule has 2 rings (SSSR count). The van der Waals surface area contributed by atoms with Crippen LogP contribution in [-0.4, -0.2) is 151 Å². The van der Waals surface area contributed by atoms with E-state index in [0.717, 1.165) is 0 Å². The van der Waals surface area contributed by atoms with Gasteiger partial charge in [0.2, 0.25) is 5.91 Å². The largest absolute Gasteiger partial charge is 0.479 e. The van der Waals surface area contributed by atoms with Crippen molar-refractivity contribution in [3.8, 4) is 0 Å². The Kier molecular flexibility index (Phi) is 13.7. The van der Waals surface area contributed by atoms with Gasteiger partial charge in [-0.2, -0.15) is 0 Å². The maximum atomic E-state index is 11.8. The van der Waals surface area contributed by atoms with Crippen LogP contribution < -0.4 is 22.3 Å². The second-order valence-corrected chi connectivity index (χ2v) is 9.27. The van der Waals surface area contributed by atoms with Crippen LogP contribution in [0.25, 0.3) is 0 Å². The number of amides is 1. The summed E-state index contributed by atoms with van der Waals surface area (Å²) in [7, 11) is 1.17. The SMILES string of the molecule is CO[C@@H]1C(C(=O)O)O[C@@H](O[C@@H]2C(NC(C)=O)[C@H](C)OC(CONCCN(CCN)CCN)[C@H]2O)C(O)[C@H]1O. The van der Waals surface area contributed by atoms with Gasteiger partial charge in [0.25, 0.3) is 0 Å². The minimum atomic E-state index is -1.71. The Bertz CT molecular complexity index is 732. The average Bonchev–Trinajstić information content (AvgIpc) is 2.86. The van der Waals surface area contributed by atoms with Gasteiger partial charge in [0, 0.05) is 53.3 Å². The molecule has 0 spiro atoms. The highest BCUT2D eigenvalue weighted by atomic mass is 16.7. The van der Waals surface area contributed by atoms with E-state index in [0.29, 0.717) is 39.3 Å². The van der Waals surface area contributed by atoms with E-state index in [9.17, 15) is 30.0 Å². The van der Waals surface area contributed by atoms with Crippen molar-refractivity contribution in [3.05, 3.63) is 0 Å². The predicted molar refractivity (Wildman–Crippen MR) is 130 cm³/mol. The number of carbonyl (C=O) groups excluding carboxylic acids is 1. The maximum Gasteiger partial charge on any atom is 0.335 e. The number of aliphatic carboxylic acids is 1. The van der Waals surface area contributed by atoms with Crippen LogP contribution in [0.5, 0.6) is 0 Å². The van der Waals surface area contributed by atoms with E-state index in [1.807, 2.05) is 0 Å². The molecule has 0 aromatic carbocycles. The Morgan fingerprint density at radius 3 is 2.21 bits per heavy atom. The molecule has 2 fully saturated rings. The Morgan fingerprint density at radius 1 is 1.00 bits per heavy atom. The highest BCUT2D eigenvalue weighted by Crippen LogP contribution is 2.30. The molecule has 16 heteroatoms. The number of nitrogens with two attached hydrogens (primary N) is 2. The predicted octanol–water partition coefficient (Wildman–Crippen LogP) is -4.69. The van der Waals surface area contributed by atoms with Gasteiger partial charge in [0.05, 0.1) is 18.8 Å². The van der Waals surface area contributed by atoms with Crippen molar-refractivity contribution in [1.29, 1.82) is 0 Å². The minimum Gasteiger partial charge on any atom is -0.479 e. The summed E-state index contributed by atoms with van der Waals surface area (Å²) < 4.78 is 22.1. The molecule has 0 saturated carbocycles. The lowest BCUT2D eigenvalue weighted by atomic mass is 9.92. The van der Waals surface area contributed by atoms with Crippen molar-refractivity contribution in [2.45, 2.75) is 75.0 Å². The lowest BCUT2D eigenvalue weighted by molar-refractivity contribution is -0.328. The van der Waals surface area contributed by atoms with Gasteiger partial charge in [-0.15, -0.1) is 0 Å².